The van der Waals surface area contributed by atoms with Crippen molar-refractivity contribution in [3.05, 3.63) is 57.3 Å². The number of aliphatic hydroxyl groups excluding tert-OH is 1. The zero-order chi connectivity index (χ0) is 12.3. The molecule has 1 heterocycles. The number of hydrogen-bond donors (Lipinski definition) is 1. The van der Waals surface area contributed by atoms with Crippen molar-refractivity contribution in [3.63, 3.8) is 0 Å². The van der Waals surface area contributed by atoms with Crippen LogP contribution in [0.25, 0.3) is 0 Å². The molecule has 0 radical (unpaired) electrons. The molecule has 0 bridgehead atoms. The molecule has 1 unspecified atom stereocenters. The van der Waals surface area contributed by atoms with E-state index in [1.165, 1.54) is 4.88 Å². The van der Waals surface area contributed by atoms with E-state index >= 15 is 0 Å². The third kappa shape index (κ3) is 2.94. The third-order valence-corrected chi connectivity index (χ3v) is 3.52. The summed E-state index contributed by atoms with van der Waals surface area (Å²) in [6, 6.07) is 9.90. The van der Waals surface area contributed by atoms with Crippen molar-refractivity contribution in [1.29, 1.82) is 0 Å². The standard InChI is InChI=1S/C14H16O2S/c1-10-6-13(9-17-10)14(15)12-5-3-4-11(7-12)8-16-2/h3-7,9,14-15H,8H2,1-2H3. The average molecular weight is 248 g/mol. The molecule has 0 spiro atoms. The highest BCUT2D eigenvalue weighted by Crippen LogP contribution is 2.26. The lowest BCUT2D eigenvalue weighted by molar-refractivity contribution is 0.184. The summed E-state index contributed by atoms with van der Waals surface area (Å²) in [7, 11) is 1.67. The first-order chi connectivity index (χ1) is 8.20. The number of hydrogen-bond acceptors (Lipinski definition) is 3. The van der Waals surface area contributed by atoms with Gasteiger partial charge >= 0.3 is 0 Å². The minimum absolute atomic E-state index is 0.545. The molecule has 0 aliphatic rings. The van der Waals surface area contributed by atoms with Crippen LogP contribution >= 0.6 is 11.3 Å². The molecule has 1 atom stereocenters. The monoisotopic (exact) mass is 248 g/mol. The van der Waals surface area contributed by atoms with E-state index in [0.29, 0.717) is 6.61 Å². The van der Waals surface area contributed by atoms with E-state index in [1.807, 2.05) is 42.6 Å². The molecule has 2 nitrogen and oxygen atoms in total. The molecule has 1 N–H and O–H groups in total. The van der Waals surface area contributed by atoms with E-state index in [9.17, 15) is 5.11 Å². The first kappa shape index (κ1) is 12.3. The molecular formula is C14H16O2S. The second-order valence-electron chi connectivity index (χ2n) is 4.07. The van der Waals surface area contributed by atoms with Crippen LogP contribution in [0.1, 0.15) is 27.7 Å². The maximum atomic E-state index is 10.3. The Labute approximate surface area is 105 Å². The minimum atomic E-state index is -0.545. The predicted octanol–water partition coefficient (Wildman–Crippen LogP) is 3.28. The van der Waals surface area contributed by atoms with Crippen LogP contribution in [-0.2, 0) is 11.3 Å². The molecule has 2 rings (SSSR count). The van der Waals surface area contributed by atoms with Crippen LogP contribution in [-0.4, -0.2) is 12.2 Å². The van der Waals surface area contributed by atoms with Crippen molar-refractivity contribution in [3.8, 4) is 0 Å². The van der Waals surface area contributed by atoms with E-state index in [0.717, 1.165) is 16.7 Å². The molecule has 0 fully saturated rings. The highest BCUT2D eigenvalue weighted by molar-refractivity contribution is 7.10. The molecule has 2 aromatic rings. The molecule has 3 heteroatoms. The number of rotatable bonds is 4. The van der Waals surface area contributed by atoms with Crippen LogP contribution in [0.4, 0.5) is 0 Å². The predicted molar refractivity (Wildman–Crippen MR) is 70.3 cm³/mol. The number of aliphatic hydroxyl groups is 1. The highest BCUT2D eigenvalue weighted by Gasteiger charge is 2.11. The van der Waals surface area contributed by atoms with Gasteiger partial charge in [-0.05, 0) is 35.1 Å². The van der Waals surface area contributed by atoms with Crippen molar-refractivity contribution < 1.29 is 9.84 Å². The van der Waals surface area contributed by atoms with Gasteiger partial charge in [-0.3, -0.25) is 0 Å². The fraction of sp³-hybridized carbons (Fsp3) is 0.286. The van der Waals surface area contributed by atoms with Gasteiger partial charge in [-0.15, -0.1) is 11.3 Å². The van der Waals surface area contributed by atoms with Gasteiger partial charge < -0.3 is 9.84 Å². The van der Waals surface area contributed by atoms with Crippen LogP contribution in [0.5, 0.6) is 0 Å². The number of benzene rings is 1. The minimum Gasteiger partial charge on any atom is -0.384 e. The summed E-state index contributed by atoms with van der Waals surface area (Å²) in [5.74, 6) is 0. The fourth-order valence-electron chi connectivity index (χ4n) is 1.82. The fourth-order valence-corrected chi connectivity index (χ4v) is 2.54. The average Bonchev–Trinajstić information content (AvgIpc) is 2.76. The van der Waals surface area contributed by atoms with E-state index in [2.05, 4.69) is 0 Å². The summed E-state index contributed by atoms with van der Waals surface area (Å²) in [5, 5.41) is 12.3. The van der Waals surface area contributed by atoms with Crippen molar-refractivity contribution >= 4 is 11.3 Å². The molecule has 0 saturated carbocycles. The van der Waals surface area contributed by atoms with Crippen LogP contribution in [0.3, 0.4) is 0 Å². The lowest BCUT2D eigenvalue weighted by Gasteiger charge is -2.10. The van der Waals surface area contributed by atoms with Crippen molar-refractivity contribution in [2.75, 3.05) is 7.11 Å². The summed E-state index contributed by atoms with van der Waals surface area (Å²) < 4.78 is 5.09. The summed E-state index contributed by atoms with van der Waals surface area (Å²) in [6.45, 7) is 2.62. The van der Waals surface area contributed by atoms with Crippen molar-refractivity contribution in [2.24, 2.45) is 0 Å². The van der Waals surface area contributed by atoms with E-state index < -0.39 is 6.10 Å². The molecule has 1 aromatic heterocycles. The van der Waals surface area contributed by atoms with E-state index in [4.69, 9.17) is 4.74 Å². The smallest absolute Gasteiger partial charge is 0.105 e. The number of aryl methyl sites for hydroxylation is 1. The van der Waals surface area contributed by atoms with Gasteiger partial charge in [0.1, 0.15) is 6.10 Å². The number of thiophene rings is 1. The Morgan fingerprint density at radius 2 is 2.12 bits per heavy atom. The zero-order valence-electron chi connectivity index (χ0n) is 10.0. The van der Waals surface area contributed by atoms with E-state index in [1.54, 1.807) is 18.4 Å². The molecule has 1 aromatic carbocycles. The summed E-state index contributed by atoms with van der Waals surface area (Å²) in [5.41, 5.74) is 2.95. The lowest BCUT2D eigenvalue weighted by atomic mass is 10.0. The van der Waals surface area contributed by atoms with Gasteiger partial charge in [-0.25, -0.2) is 0 Å². The molecule has 90 valence electrons. The Balaban J connectivity index is 2.24. The summed E-state index contributed by atoms with van der Waals surface area (Å²) in [4.78, 5) is 1.21. The first-order valence-corrected chi connectivity index (χ1v) is 6.39. The largest absolute Gasteiger partial charge is 0.384 e. The summed E-state index contributed by atoms with van der Waals surface area (Å²) in [6.07, 6.45) is -0.545. The first-order valence-electron chi connectivity index (χ1n) is 5.51. The third-order valence-electron chi connectivity index (χ3n) is 2.64. The van der Waals surface area contributed by atoms with Crippen molar-refractivity contribution in [2.45, 2.75) is 19.6 Å². The molecule has 0 aliphatic carbocycles. The van der Waals surface area contributed by atoms with Gasteiger partial charge in [0, 0.05) is 12.0 Å². The second-order valence-corrected chi connectivity index (χ2v) is 5.19. The van der Waals surface area contributed by atoms with Gasteiger partial charge in [-0.1, -0.05) is 24.3 Å². The van der Waals surface area contributed by atoms with Crippen LogP contribution in [0, 0.1) is 6.92 Å². The number of ether oxygens (including phenoxy) is 1. The Kier molecular flexibility index (Phi) is 3.94. The van der Waals surface area contributed by atoms with Crippen LogP contribution in [0.2, 0.25) is 0 Å². The normalized spacial score (nSPS) is 12.6. The van der Waals surface area contributed by atoms with Crippen LogP contribution in [0.15, 0.2) is 35.7 Å². The molecule has 0 saturated heterocycles. The highest BCUT2D eigenvalue weighted by atomic mass is 32.1. The topological polar surface area (TPSA) is 29.5 Å². The summed E-state index contributed by atoms with van der Waals surface area (Å²) >= 11 is 1.66. The second kappa shape index (κ2) is 5.45. The van der Waals surface area contributed by atoms with Gasteiger partial charge in [0.15, 0.2) is 0 Å². The molecule has 0 aliphatic heterocycles. The van der Waals surface area contributed by atoms with E-state index in [-0.39, 0.29) is 0 Å². The zero-order valence-corrected chi connectivity index (χ0v) is 10.8. The van der Waals surface area contributed by atoms with Gasteiger partial charge in [0.2, 0.25) is 0 Å². The lowest BCUT2D eigenvalue weighted by Crippen LogP contribution is -1.99. The molecular weight excluding hydrogens is 232 g/mol. The molecule has 0 amide bonds. The molecule has 17 heavy (non-hydrogen) atoms. The Morgan fingerprint density at radius 1 is 1.29 bits per heavy atom. The van der Waals surface area contributed by atoms with Crippen LogP contribution < -0.4 is 0 Å². The Hall–Kier alpha value is -1.16. The van der Waals surface area contributed by atoms with Gasteiger partial charge in [-0.2, -0.15) is 0 Å². The van der Waals surface area contributed by atoms with Gasteiger partial charge in [0.25, 0.3) is 0 Å². The quantitative estimate of drug-likeness (QED) is 0.899. The number of methoxy groups -OCH3 is 1. The maximum Gasteiger partial charge on any atom is 0.105 e. The Bertz CT molecular complexity index is 490. The SMILES string of the molecule is COCc1cccc(C(O)c2csc(C)c2)c1. The van der Waals surface area contributed by atoms with Gasteiger partial charge in [0.05, 0.1) is 6.61 Å². The maximum absolute atomic E-state index is 10.3. The Morgan fingerprint density at radius 3 is 2.76 bits per heavy atom. The van der Waals surface area contributed by atoms with Crippen molar-refractivity contribution in [1.82, 2.24) is 0 Å².